The molecule has 3 aromatic carbocycles. The molecule has 0 saturated carbocycles. The molecule has 2 aromatic heterocycles. The number of hydrogen-bond donors (Lipinski definition) is 3. The largest absolute Gasteiger partial charge is 0.387 e. The molecular weight excluding hydrogens is 446 g/mol. The van der Waals surface area contributed by atoms with E-state index in [9.17, 15) is 15.0 Å². The zero-order valence-electron chi connectivity index (χ0n) is 19.1. The van der Waals surface area contributed by atoms with E-state index in [0.29, 0.717) is 12.1 Å². The molecule has 1 saturated heterocycles. The van der Waals surface area contributed by atoms with Gasteiger partial charge in [0.2, 0.25) is 0 Å². The smallest absolute Gasteiger partial charge is 0.252 e. The Hall–Kier alpha value is -3.43. The lowest BCUT2D eigenvalue weighted by Gasteiger charge is -2.48. The first-order valence-corrected chi connectivity index (χ1v) is 11.8. The summed E-state index contributed by atoms with van der Waals surface area (Å²) in [5.41, 5.74) is 4.01. The van der Waals surface area contributed by atoms with Crippen molar-refractivity contribution in [1.82, 2.24) is 14.5 Å². The van der Waals surface area contributed by atoms with Crippen molar-refractivity contribution in [3.63, 3.8) is 0 Å². The third kappa shape index (κ3) is 2.04. The van der Waals surface area contributed by atoms with Gasteiger partial charge in [-0.25, -0.2) is 0 Å². The highest BCUT2D eigenvalue weighted by Crippen LogP contribution is 2.53. The van der Waals surface area contributed by atoms with Crippen LogP contribution in [0.4, 0.5) is 0 Å². The minimum Gasteiger partial charge on any atom is -0.387 e. The topological polar surface area (TPSA) is 97.9 Å². The number of benzene rings is 3. The first-order valence-electron chi connectivity index (χ1n) is 11.8. The highest BCUT2D eigenvalue weighted by Gasteiger charge is 2.56. The molecule has 3 aliphatic rings. The molecule has 8 heteroatoms. The molecule has 0 spiro atoms. The first-order chi connectivity index (χ1) is 17.0. The predicted octanol–water partition coefficient (Wildman–Crippen LogP) is 3.10. The summed E-state index contributed by atoms with van der Waals surface area (Å²) < 4.78 is 16.7. The summed E-state index contributed by atoms with van der Waals surface area (Å²) in [6.07, 6.45) is -4.14. The molecule has 8 nitrogen and oxygen atoms in total. The van der Waals surface area contributed by atoms with E-state index in [1.54, 1.807) is 0 Å². The molecule has 5 aromatic rings. The van der Waals surface area contributed by atoms with E-state index < -0.39 is 30.3 Å². The van der Waals surface area contributed by atoms with Crippen LogP contribution in [0.25, 0.3) is 43.6 Å². The van der Waals surface area contributed by atoms with Crippen molar-refractivity contribution in [3.05, 3.63) is 59.7 Å². The minimum atomic E-state index is -1.24. The maximum Gasteiger partial charge on any atom is 0.252 e. The van der Waals surface area contributed by atoms with E-state index in [0.717, 1.165) is 49.2 Å². The summed E-state index contributed by atoms with van der Waals surface area (Å²) >= 11 is 0. The van der Waals surface area contributed by atoms with Gasteiger partial charge in [-0.15, -0.1) is 0 Å². The number of ether oxygens (including phenoxy) is 2. The molecular formula is C27H23N3O5. The fourth-order valence-electron chi connectivity index (χ4n) is 6.99. The number of para-hydroxylation sites is 2. The number of aliphatic hydroxyl groups is 2. The molecule has 0 radical (unpaired) electrons. The monoisotopic (exact) mass is 469 g/mol. The number of nitrogens with zero attached hydrogens (tertiary/aromatic N) is 2. The molecule has 1 fully saturated rings. The average molecular weight is 469 g/mol. The zero-order valence-corrected chi connectivity index (χ0v) is 19.1. The predicted molar refractivity (Wildman–Crippen MR) is 130 cm³/mol. The molecule has 5 atom stereocenters. The number of nitrogens with one attached hydrogen (secondary N) is 1. The lowest BCUT2D eigenvalue weighted by molar-refractivity contribution is -0.314. The van der Waals surface area contributed by atoms with Crippen LogP contribution in [0.5, 0.6) is 0 Å². The van der Waals surface area contributed by atoms with Crippen molar-refractivity contribution in [2.24, 2.45) is 0 Å². The van der Waals surface area contributed by atoms with Gasteiger partial charge in [0.15, 0.2) is 12.0 Å². The number of fused-ring (bicyclic) bond motifs is 13. The van der Waals surface area contributed by atoms with Crippen LogP contribution in [0.15, 0.2) is 48.5 Å². The summed E-state index contributed by atoms with van der Waals surface area (Å²) in [7, 11) is 1.53. The molecule has 176 valence electrons. The summed E-state index contributed by atoms with van der Waals surface area (Å²) in [6.45, 7) is 2.35. The Morgan fingerprint density at radius 3 is 2.43 bits per heavy atom. The van der Waals surface area contributed by atoms with Crippen molar-refractivity contribution in [2.75, 3.05) is 7.11 Å². The van der Waals surface area contributed by atoms with Crippen LogP contribution in [-0.2, 0) is 21.7 Å². The summed E-state index contributed by atoms with van der Waals surface area (Å²) in [5.74, 6) is -0.101. The normalized spacial score (nSPS) is 29.4. The number of aliphatic hydroxyl groups excluding tert-OH is 2. The van der Waals surface area contributed by atoms with Gasteiger partial charge >= 0.3 is 0 Å². The Kier molecular flexibility index (Phi) is 3.52. The highest BCUT2D eigenvalue weighted by atomic mass is 16.6. The SMILES string of the molecule is CO[C@@H]1[C@H](O)[C@@H](O)[C@H]2O[C@]1(C)n1c3ccccc3c3c4c(c5c6ccccc6n2c5c31)C(=O)NC4. The van der Waals surface area contributed by atoms with E-state index >= 15 is 0 Å². The van der Waals surface area contributed by atoms with Gasteiger partial charge in [-0.3, -0.25) is 4.79 Å². The van der Waals surface area contributed by atoms with Crippen LogP contribution in [0.2, 0.25) is 0 Å². The average Bonchev–Trinajstić information content (AvgIpc) is 3.49. The molecule has 2 bridgehead atoms. The van der Waals surface area contributed by atoms with Crippen LogP contribution in [-0.4, -0.2) is 50.7 Å². The van der Waals surface area contributed by atoms with Crippen molar-refractivity contribution in [2.45, 2.75) is 43.7 Å². The number of carbonyl (C=O) groups excluding carboxylic acids is 1. The van der Waals surface area contributed by atoms with E-state index in [2.05, 4.69) is 16.0 Å². The van der Waals surface area contributed by atoms with Gasteiger partial charge in [0.1, 0.15) is 18.3 Å². The molecule has 0 unspecified atom stereocenters. The quantitative estimate of drug-likeness (QED) is 0.351. The second kappa shape index (κ2) is 6.22. The molecule has 0 aliphatic carbocycles. The fourth-order valence-corrected chi connectivity index (χ4v) is 6.99. The molecule has 8 rings (SSSR count). The maximum absolute atomic E-state index is 13.3. The number of hydrogen-bond acceptors (Lipinski definition) is 5. The molecule has 3 N–H and O–H groups in total. The zero-order chi connectivity index (χ0) is 23.8. The Balaban J connectivity index is 1.75. The van der Waals surface area contributed by atoms with E-state index in [1.165, 1.54) is 7.11 Å². The van der Waals surface area contributed by atoms with Crippen molar-refractivity contribution in [3.8, 4) is 0 Å². The number of carbonyl (C=O) groups is 1. The standard InChI is InChI=1S/C27H23N3O5/c1-27-24(34-2)22(31)23(32)26(35-27)29-15-9-5-3-7-12(15)18-19-14(11-28-25(19)33)17-13-8-4-6-10-16(13)30(27)21(17)20(18)29/h3-10,22-24,26,31-32H,11H2,1-2H3,(H,28,33)/t22-,23-,24-,26-,27+/m1/s1. The van der Waals surface area contributed by atoms with E-state index in [4.69, 9.17) is 9.47 Å². The Bertz CT molecular complexity index is 1770. The summed E-state index contributed by atoms with van der Waals surface area (Å²) in [4.78, 5) is 13.3. The molecule has 3 aliphatic heterocycles. The number of rotatable bonds is 1. The second-order valence-corrected chi connectivity index (χ2v) is 9.92. The first kappa shape index (κ1) is 19.8. The lowest BCUT2D eigenvalue weighted by atomic mass is 9.93. The van der Waals surface area contributed by atoms with Gasteiger partial charge in [0.05, 0.1) is 27.6 Å². The second-order valence-electron chi connectivity index (χ2n) is 9.92. The van der Waals surface area contributed by atoms with Crippen LogP contribution in [0.3, 0.4) is 0 Å². The van der Waals surface area contributed by atoms with Gasteiger partial charge in [-0.05, 0) is 24.6 Å². The summed E-state index contributed by atoms with van der Waals surface area (Å²) in [5, 5.41) is 29.4. The maximum atomic E-state index is 13.3. The Morgan fingerprint density at radius 2 is 1.69 bits per heavy atom. The fraction of sp³-hybridized carbons (Fsp3) is 0.296. The molecule has 5 heterocycles. The van der Waals surface area contributed by atoms with Crippen LogP contribution in [0.1, 0.15) is 29.1 Å². The van der Waals surface area contributed by atoms with Gasteiger partial charge in [-0.2, -0.15) is 0 Å². The third-order valence-electron chi connectivity index (χ3n) is 8.31. The van der Waals surface area contributed by atoms with E-state index in [1.807, 2.05) is 54.0 Å². The van der Waals surface area contributed by atoms with E-state index in [-0.39, 0.29) is 5.91 Å². The Morgan fingerprint density at radius 1 is 1.00 bits per heavy atom. The minimum absolute atomic E-state index is 0.101. The third-order valence-corrected chi connectivity index (χ3v) is 8.31. The van der Waals surface area contributed by atoms with Gasteiger partial charge in [-0.1, -0.05) is 36.4 Å². The number of amides is 1. The molecule has 35 heavy (non-hydrogen) atoms. The Labute approximate surface area is 199 Å². The van der Waals surface area contributed by atoms with Gasteiger partial charge in [0, 0.05) is 35.2 Å². The number of aromatic nitrogens is 2. The van der Waals surface area contributed by atoms with Gasteiger partial charge < -0.3 is 34.1 Å². The van der Waals surface area contributed by atoms with Crippen LogP contribution < -0.4 is 5.32 Å². The highest BCUT2D eigenvalue weighted by molar-refractivity contribution is 6.31. The molecule has 1 amide bonds. The van der Waals surface area contributed by atoms with Crippen molar-refractivity contribution >= 4 is 49.5 Å². The van der Waals surface area contributed by atoms with Gasteiger partial charge in [0.25, 0.3) is 5.91 Å². The van der Waals surface area contributed by atoms with Crippen molar-refractivity contribution in [1.29, 1.82) is 0 Å². The summed E-state index contributed by atoms with van der Waals surface area (Å²) in [6, 6.07) is 15.9. The lowest BCUT2D eigenvalue weighted by Crippen LogP contribution is -2.62. The number of methoxy groups -OCH3 is 1. The van der Waals surface area contributed by atoms with Crippen molar-refractivity contribution < 1.29 is 24.5 Å². The van der Waals surface area contributed by atoms with Crippen LogP contribution >= 0.6 is 0 Å². The van der Waals surface area contributed by atoms with Crippen LogP contribution in [0, 0.1) is 0 Å².